The lowest BCUT2D eigenvalue weighted by Gasteiger charge is -2.37. The van der Waals surface area contributed by atoms with E-state index in [-0.39, 0.29) is 28.8 Å². The molecule has 1 aliphatic rings. The number of aromatic nitrogens is 2. The van der Waals surface area contributed by atoms with Crippen molar-refractivity contribution >= 4 is 17.5 Å². The number of benzene rings is 1. The molecule has 0 spiro atoms. The Morgan fingerprint density at radius 1 is 1.30 bits per heavy atom. The molecule has 1 aromatic heterocycles. The van der Waals surface area contributed by atoms with Gasteiger partial charge < -0.3 is 25.4 Å². The van der Waals surface area contributed by atoms with E-state index in [9.17, 15) is 18.0 Å². The Labute approximate surface area is 190 Å². The van der Waals surface area contributed by atoms with Crippen molar-refractivity contribution < 1.29 is 27.4 Å². The normalized spacial score (nSPS) is 17.1. The van der Waals surface area contributed by atoms with E-state index in [0.717, 1.165) is 6.42 Å². The molecule has 0 aliphatic carbocycles. The number of hydrogen-bond acceptors (Lipinski definition) is 6. The number of nitrogens with zero attached hydrogens (tertiary/aromatic N) is 3. The third kappa shape index (κ3) is 6.45. The van der Waals surface area contributed by atoms with Crippen molar-refractivity contribution in [2.75, 3.05) is 30.3 Å². The summed E-state index contributed by atoms with van der Waals surface area (Å²) in [5.41, 5.74) is 4.40. The third-order valence-electron chi connectivity index (χ3n) is 5.13. The summed E-state index contributed by atoms with van der Waals surface area (Å²) in [6.07, 6.45) is -0.999. The molecule has 3 rings (SSSR count). The van der Waals surface area contributed by atoms with Gasteiger partial charge in [0.25, 0.3) is 0 Å². The van der Waals surface area contributed by atoms with Gasteiger partial charge in [-0.15, -0.1) is 0 Å². The smallest absolute Gasteiger partial charge is 0.422 e. The molecule has 182 valence electrons. The largest absolute Gasteiger partial charge is 0.453 e. The third-order valence-corrected chi connectivity index (χ3v) is 5.13. The summed E-state index contributed by atoms with van der Waals surface area (Å²) in [4.78, 5) is 13.6. The predicted molar refractivity (Wildman–Crippen MR) is 118 cm³/mol. The van der Waals surface area contributed by atoms with Crippen LogP contribution in [0.1, 0.15) is 39.2 Å². The van der Waals surface area contributed by atoms with Crippen molar-refractivity contribution in [3.63, 3.8) is 0 Å². The summed E-state index contributed by atoms with van der Waals surface area (Å²) >= 11 is 0. The molecule has 33 heavy (non-hydrogen) atoms. The lowest BCUT2D eigenvalue weighted by molar-refractivity contribution is -0.138. The lowest BCUT2D eigenvalue weighted by Crippen LogP contribution is -2.43. The topological polar surface area (TPSA) is 94.6 Å². The van der Waals surface area contributed by atoms with Crippen LogP contribution in [0.4, 0.5) is 29.3 Å². The zero-order valence-corrected chi connectivity index (χ0v) is 19.2. The molecule has 1 aromatic carbocycles. The number of alkyl carbamates (subject to hydrolysis) is 1. The van der Waals surface area contributed by atoms with Crippen LogP contribution in [-0.4, -0.2) is 41.1 Å². The van der Waals surface area contributed by atoms with E-state index in [4.69, 9.17) is 15.2 Å². The summed E-state index contributed by atoms with van der Waals surface area (Å²) in [5, 5.41) is 6.64. The number of amides is 1. The number of nitrogens with two attached hydrogens (primary N) is 1. The number of ether oxygens (including phenoxy) is 2. The second kappa shape index (κ2) is 9.40. The molecule has 0 saturated carbocycles. The van der Waals surface area contributed by atoms with Crippen molar-refractivity contribution in [2.45, 2.75) is 45.4 Å². The van der Waals surface area contributed by atoms with Gasteiger partial charge in [0.1, 0.15) is 16.9 Å². The van der Waals surface area contributed by atoms with E-state index in [2.05, 4.69) is 10.4 Å². The van der Waals surface area contributed by atoms with Gasteiger partial charge in [0, 0.05) is 26.7 Å². The molecule has 1 aliphatic heterocycles. The Bertz CT molecular complexity index is 985. The molecule has 0 unspecified atom stereocenters. The summed E-state index contributed by atoms with van der Waals surface area (Å²) in [6.45, 7) is 6.29. The molecule has 1 fully saturated rings. The molecule has 3 N–H and O–H groups in total. The highest BCUT2D eigenvalue weighted by atomic mass is 19.4. The number of rotatable bonds is 5. The second-order valence-corrected chi connectivity index (χ2v) is 9.16. The van der Waals surface area contributed by atoms with Crippen LogP contribution in [-0.2, 0) is 18.0 Å². The van der Waals surface area contributed by atoms with Crippen LogP contribution in [0.3, 0.4) is 0 Å². The Morgan fingerprint density at radius 2 is 2.03 bits per heavy atom. The second-order valence-electron chi connectivity index (χ2n) is 9.16. The fourth-order valence-corrected chi connectivity index (χ4v) is 3.84. The van der Waals surface area contributed by atoms with Crippen molar-refractivity contribution in [3.05, 3.63) is 30.1 Å². The van der Waals surface area contributed by atoms with Crippen molar-refractivity contribution in [3.8, 4) is 11.5 Å². The maximum absolute atomic E-state index is 14.2. The maximum atomic E-state index is 14.2. The van der Waals surface area contributed by atoms with Gasteiger partial charge in [-0.25, -0.2) is 4.79 Å². The molecule has 1 atom stereocenters. The summed E-state index contributed by atoms with van der Waals surface area (Å²) < 4.78 is 54.8. The monoisotopic (exact) mass is 469 g/mol. The summed E-state index contributed by atoms with van der Waals surface area (Å²) in [6, 6.07) is 2.64. The van der Waals surface area contributed by atoms with E-state index < -0.39 is 23.4 Å². The number of anilines is 2. The van der Waals surface area contributed by atoms with Gasteiger partial charge in [0.05, 0.1) is 23.8 Å². The fourth-order valence-electron chi connectivity index (χ4n) is 3.84. The van der Waals surface area contributed by atoms with Gasteiger partial charge in [0.15, 0.2) is 5.75 Å². The van der Waals surface area contributed by atoms with Gasteiger partial charge in [0.2, 0.25) is 0 Å². The highest BCUT2D eigenvalue weighted by Gasteiger charge is 2.41. The van der Waals surface area contributed by atoms with Crippen LogP contribution in [0.25, 0.3) is 0 Å². The first kappa shape index (κ1) is 24.5. The van der Waals surface area contributed by atoms with Crippen LogP contribution in [0.5, 0.6) is 11.5 Å². The first-order chi connectivity index (χ1) is 15.3. The summed E-state index contributed by atoms with van der Waals surface area (Å²) in [5.74, 6) is -0.208. The quantitative estimate of drug-likeness (QED) is 0.624. The van der Waals surface area contributed by atoms with Crippen molar-refractivity contribution in [1.82, 2.24) is 15.1 Å². The number of alkyl halides is 3. The number of hydrogen-bond donors (Lipinski definition) is 2. The minimum Gasteiger partial charge on any atom is -0.453 e. The molecule has 0 bridgehead atoms. The molecule has 11 heteroatoms. The van der Waals surface area contributed by atoms with E-state index in [1.807, 2.05) is 0 Å². The molecular formula is C22H30F3N5O3. The number of aryl methyl sites for hydroxylation is 1. The minimum atomic E-state index is -4.69. The van der Waals surface area contributed by atoms with Crippen LogP contribution >= 0.6 is 0 Å². The van der Waals surface area contributed by atoms with E-state index >= 15 is 0 Å². The van der Waals surface area contributed by atoms with E-state index in [1.165, 1.54) is 29.2 Å². The Kier molecular flexibility index (Phi) is 6.99. The van der Waals surface area contributed by atoms with Gasteiger partial charge in [-0.2, -0.15) is 18.3 Å². The molecule has 2 heterocycles. The number of halogens is 3. The zero-order valence-electron chi connectivity index (χ0n) is 19.2. The number of nitrogen functional groups attached to an aromatic ring is 1. The van der Waals surface area contributed by atoms with E-state index in [1.54, 1.807) is 32.7 Å². The average Bonchev–Trinajstić information content (AvgIpc) is 3.10. The Balaban J connectivity index is 1.83. The predicted octanol–water partition coefficient (Wildman–Crippen LogP) is 4.55. The first-order valence-electron chi connectivity index (χ1n) is 10.7. The van der Waals surface area contributed by atoms with Gasteiger partial charge >= 0.3 is 12.3 Å². The Morgan fingerprint density at radius 3 is 2.64 bits per heavy atom. The minimum absolute atomic E-state index is 0.0154. The summed E-state index contributed by atoms with van der Waals surface area (Å²) in [7, 11) is 1.64. The van der Waals surface area contributed by atoms with Crippen molar-refractivity contribution in [1.29, 1.82) is 0 Å². The number of carbonyl (C=O) groups is 1. The zero-order chi connectivity index (χ0) is 24.4. The average molecular weight is 470 g/mol. The highest BCUT2D eigenvalue weighted by Crippen LogP contribution is 2.47. The number of carbonyl (C=O) groups excluding carboxylic acids is 1. The Hall–Kier alpha value is -3.11. The highest BCUT2D eigenvalue weighted by molar-refractivity contribution is 5.76. The molecule has 8 nitrogen and oxygen atoms in total. The molecule has 1 amide bonds. The fraction of sp³-hybridized carbons (Fsp3) is 0.545. The van der Waals surface area contributed by atoms with E-state index in [0.29, 0.717) is 26.1 Å². The van der Waals surface area contributed by atoms with Crippen LogP contribution in [0.2, 0.25) is 0 Å². The number of nitrogens with one attached hydrogen (secondary N) is 1. The molecule has 1 saturated heterocycles. The first-order valence-corrected chi connectivity index (χ1v) is 10.7. The van der Waals surface area contributed by atoms with Gasteiger partial charge in [-0.05, 0) is 51.7 Å². The van der Waals surface area contributed by atoms with Crippen LogP contribution < -0.4 is 20.7 Å². The van der Waals surface area contributed by atoms with Gasteiger partial charge in [-0.3, -0.25) is 4.68 Å². The standard InChI is InChI=1S/C22H30F3N5O3/c1-21(2,3)33-20(31)27-10-14-6-5-9-30(12-14)19-16(26)7-8-17(18(19)22(23,24)25)32-15-11-28-29(4)13-15/h7-8,11,13-14H,5-6,9-10,12,26H2,1-4H3,(H,27,31)/t14-/m0/s1. The maximum Gasteiger partial charge on any atom is 0.422 e. The number of piperidine rings is 1. The van der Waals surface area contributed by atoms with Gasteiger partial charge in [-0.1, -0.05) is 0 Å². The molecule has 0 radical (unpaired) electrons. The van der Waals surface area contributed by atoms with Crippen LogP contribution in [0.15, 0.2) is 24.5 Å². The molecule has 2 aromatic rings. The SMILES string of the molecule is Cn1cc(Oc2ccc(N)c(N3CCC[C@@H](CNC(=O)OC(C)(C)C)C3)c2C(F)(F)F)cn1. The molecular weight excluding hydrogens is 439 g/mol. The van der Waals surface area contributed by atoms with Crippen LogP contribution in [0, 0.1) is 5.92 Å². The van der Waals surface area contributed by atoms with Crippen molar-refractivity contribution in [2.24, 2.45) is 13.0 Å². The lowest BCUT2D eigenvalue weighted by atomic mass is 9.96.